The first-order chi connectivity index (χ1) is 15.9. The van der Waals surface area contributed by atoms with E-state index in [1.807, 2.05) is 68.4 Å². The van der Waals surface area contributed by atoms with Gasteiger partial charge in [-0.05, 0) is 83.1 Å². The zero-order valence-electron chi connectivity index (χ0n) is 19.8. The number of aryl methyl sites for hydroxylation is 1. The molecule has 0 radical (unpaired) electrons. The van der Waals surface area contributed by atoms with Crippen LogP contribution in [0, 0.1) is 18.2 Å². The highest BCUT2D eigenvalue weighted by Gasteiger charge is 2.16. The van der Waals surface area contributed by atoms with Gasteiger partial charge >= 0.3 is 0 Å². The smallest absolute Gasteiger partial charge is 0.124 e. The minimum absolute atomic E-state index is 0.246. The molecular formula is C28H32FN3O. The van der Waals surface area contributed by atoms with Crippen molar-refractivity contribution < 1.29 is 9.13 Å². The van der Waals surface area contributed by atoms with Gasteiger partial charge in [0.15, 0.2) is 0 Å². The maximum atomic E-state index is 14.3. The highest BCUT2D eigenvalue weighted by molar-refractivity contribution is 6.00. The number of nitrogens with two attached hydrogens (primary N) is 1. The maximum Gasteiger partial charge on any atom is 0.124 e. The molecule has 0 saturated carbocycles. The number of benzene rings is 3. The molecule has 172 valence electrons. The summed E-state index contributed by atoms with van der Waals surface area (Å²) in [5, 5.41) is 7.94. The summed E-state index contributed by atoms with van der Waals surface area (Å²) < 4.78 is 20.0. The van der Waals surface area contributed by atoms with E-state index in [0.29, 0.717) is 13.2 Å². The minimum Gasteiger partial charge on any atom is -0.492 e. The second-order valence-electron chi connectivity index (χ2n) is 8.20. The fourth-order valence-electron chi connectivity index (χ4n) is 4.08. The Morgan fingerprint density at radius 2 is 1.70 bits per heavy atom. The molecule has 3 aromatic carbocycles. The van der Waals surface area contributed by atoms with Crippen molar-refractivity contribution in [3.05, 3.63) is 94.3 Å². The Morgan fingerprint density at radius 3 is 2.27 bits per heavy atom. The highest BCUT2D eigenvalue weighted by atomic mass is 19.1. The Bertz CT molecular complexity index is 1130. The van der Waals surface area contributed by atoms with E-state index < -0.39 is 0 Å². The number of nitrogens with one attached hydrogen (secondary N) is 1. The average Bonchev–Trinajstić information content (AvgIpc) is 2.80. The number of halogens is 1. The fourth-order valence-corrected chi connectivity index (χ4v) is 4.08. The van der Waals surface area contributed by atoms with Crippen LogP contribution in [0.3, 0.4) is 0 Å². The van der Waals surface area contributed by atoms with Gasteiger partial charge < -0.3 is 20.8 Å². The third-order valence-corrected chi connectivity index (χ3v) is 5.53. The normalized spacial score (nSPS) is 11.7. The summed E-state index contributed by atoms with van der Waals surface area (Å²) in [4.78, 5) is 1.99. The van der Waals surface area contributed by atoms with E-state index in [4.69, 9.17) is 15.9 Å². The zero-order chi connectivity index (χ0) is 24.0. The van der Waals surface area contributed by atoms with Crippen molar-refractivity contribution in [3.8, 4) is 5.75 Å². The van der Waals surface area contributed by atoms with Crippen LogP contribution in [0.2, 0.25) is 0 Å². The van der Waals surface area contributed by atoms with Gasteiger partial charge in [-0.3, -0.25) is 0 Å². The number of hydrogen-bond acceptors (Lipinski definition) is 4. The van der Waals surface area contributed by atoms with Gasteiger partial charge in [-0.1, -0.05) is 31.2 Å². The molecule has 4 nitrogen and oxygen atoms in total. The molecule has 0 heterocycles. The molecule has 0 atom stereocenters. The summed E-state index contributed by atoms with van der Waals surface area (Å²) in [5.41, 5.74) is 13.1. The van der Waals surface area contributed by atoms with E-state index in [1.54, 1.807) is 12.1 Å². The lowest BCUT2D eigenvalue weighted by Gasteiger charge is -2.20. The molecule has 3 aromatic rings. The highest BCUT2D eigenvalue weighted by Crippen LogP contribution is 2.37. The van der Waals surface area contributed by atoms with Gasteiger partial charge in [-0.2, -0.15) is 0 Å². The number of ether oxygens (including phenoxy) is 1. The van der Waals surface area contributed by atoms with Crippen LogP contribution in [0.25, 0.3) is 11.1 Å². The molecule has 0 bridgehead atoms. The molecule has 0 unspecified atom stereocenters. The van der Waals surface area contributed by atoms with Crippen LogP contribution in [-0.4, -0.2) is 33.5 Å². The van der Waals surface area contributed by atoms with E-state index in [1.165, 1.54) is 6.21 Å². The molecule has 5 heteroatoms. The van der Waals surface area contributed by atoms with Crippen molar-refractivity contribution in [2.45, 2.75) is 20.3 Å². The van der Waals surface area contributed by atoms with Crippen molar-refractivity contribution in [1.29, 1.82) is 5.41 Å². The predicted octanol–water partition coefficient (Wildman–Crippen LogP) is 5.90. The Hall–Kier alpha value is -3.44. The van der Waals surface area contributed by atoms with Crippen LogP contribution in [0.15, 0.2) is 60.7 Å². The maximum absolute atomic E-state index is 14.3. The van der Waals surface area contributed by atoms with Crippen LogP contribution >= 0.6 is 0 Å². The van der Waals surface area contributed by atoms with Crippen LogP contribution in [0.5, 0.6) is 5.75 Å². The summed E-state index contributed by atoms with van der Waals surface area (Å²) in [6, 6.07) is 19.2. The van der Waals surface area contributed by atoms with Crippen LogP contribution in [0.1, 0.15) is 41.2 Å². The first-order valence-electron chi connectivity index (χ1n) is 11.1. The minimum atomic E-state index is -0.246. The van der Waals surface area contributed by atoms with Crippen LogP contribution in [0.4, 0.5) is 10.1 Å². The van der Waals surface area contributed by atoms with Gasteiger partial charge in [-0.15, -0.1) is 0 Å². The second kappa shape index (κ2) is 10.9. The van der Waals surface area contributed by atoms with E-state index in [9.17, 15) is 4.39 Å². The molecule has 3 rings (SSSR count). The molecule has 0 aromatic heterocycles. The third kappa shape index (κ3) is 5.68. The Labute approximate surface area is 196 Å². The standard InChI is InChI=1S/C28H32FN3O/c1-5-26(22-14-19(2)15-24(29)17-22)28(20-6-9-25(10-7-20)33-13-12-30)21-8-11-27(32(3)4)23(16-21)18-31/h6-11,14-18,31H,5,12-13,30H2,1-4H3/b28-26+,31-18?. The predicted molar refractivity (Wildman–Crippen MR) is 137 cm³/mol. The van der Waals surface area contributed by atoms with Crippen molar-refractivity contribution in [3.63, 3.8) is 0 Å². The lowest BCUT2D eigenvalue weighted by Crippen LogP contribution is -2.11. The molecule has 0 saturated heterocycles. The van der Waals surface area contributed by atoms with Crippen LogP contribution in [-0.2, 0) is 0 Å². The summed E-state index contributed by atoms with van der Waals surface area (Å²) in [5.74, 6) is 0.510. The van der Waals surface area contributed by atoms with Gasteiger partial charge in [-0.25, -0.2) is 4.39 Å². The fraction of sp³-hybridized carbons (Fsp3) is 0.250. The first-order valence-corrected chi connectivity index (χ1v) is 11.1. The average molecular weight is 446 g/mol. The number of anilines is 1. The topological polar surface area (TPSA) is 62.3 Å². The van der Waals surface area contributed by atoms with Gasteiger partial charge in [0.05, 0.1) is 0 Å². The van der Waals surface area contributed by atoms with Crippen molar-refractivity contribution >= 4 is 23.0 Å². The van der Waals surface area contributed by atoms with Gasteiger partial charge in [0, 0.05) is 38.1 Å². The number of nitrogens with zero attached hydrogens (tertiary/aromatic N) is 1. The molecule has 3 N–H and O–H groups in total. The van der Waals surface area contributed by atoms with Gasteiger partial charge in [0.1, 0.15) is 18.2 Å². The van der Waals surface area contributed by atoms with Crippen molar-refractivity contribution in [2.24, 2.45) is 5.73 Å². The monoisotopic (exact) mass is 445 g/mol. The quantitative estimate of drug-likeness (QED) is 0.318. The number of hydrogen-bond donors (Lipinski definition) is 2. The van der Waals surface area contributed by atoms with E-state index in [0.717, 1.165) is 56.8 Å². The Kier molecular flexibility index (Phi) is 8.01. The summed E-state index contributed by atoms with van der Waals surface area (Å²) in [6.07, 6.45) is 2.09. The van der Waals surface area contributed by atoms with Gasteiger partial charge in [0.2, 0.25) is 0 Å². The van der Waals surface area contributed by atoms with E-state index >= 15 is 0 Å². The molecule has 0 aliphatic rings. The SMILES string of the molecule is CC/C(=C(/c1ccc(OCCN)cc1)c1ccc(N(C)C)c(C=N)c1)c1cc(C)cc(F)c1. The molecule has 0 aliphatic heterocycles. The van der Waals surface area contributed by atoms with E-state index in [-0.39, 0.29) is 5.82 Å². The number of rotatable bonds is 9. The molecule has 0 amide bonds. The first kappa shape index (κ1) is 24.2. The summed E-state index contributed by atoms with van der Waals surface area (Å²) >= 11 is 0. The van der Waals surface area contributed by atoms with Crippen molar-refractivity contribution in [2.75, 3.05) is 32.1 Å². The number of allylic oxidation sites excluding steroid dienone is 1. The molecule has 0 fully saturated rings. The lowest BCUT2D eigenvalue weighted by atomic mass is 9.87. The molecule has 33 heavy (non-hydrogen) atoms. The summed E-state index contributed by atoms with van der Waals surface area (Å²) in [6.45, 7) is 4.90. The van der Waals surface area contributed by atoms with Crippen LogP contribution < -0.4 is 15.4 Å². The van der Waals surface area contributed by atoms with Crippen molar-refractivity contribution in [1.82, 2.24) is 0 Å². The van der Waals surface area contributed by atoms with Gasteiger partial charge in [0.25, 0.3) is 0 Å². The Morgan fingerprint density at radius 1 is 1.00 bits per heavy atom. The summed E-state index contributed by atoms with van der Waals surface area (Å²) in [7, 11) is 3.93. The largest absolute Gasteiger partial charge is 0.492 e. The second-order valence-corrected chi connectivity index (χ2v) is 8.20. The third-order valence-electron chi connectivity index (χ3n) is 5.53. The lowest BCUT2D eigenvalue weighted by molar-refractivity contribution is 0.328. The molecule has 0 spiro atoms. The van der Waals surface area contributed by atoms with E-state index in [2.05, 4.69) is 13.0 Å². The Balaban J connectivity index is 2.26. The zero-order valence-corrected chi connectivity index (χ0v) is 19.8. The molecular weight excluding hydrogens is 413 g/mol. The molecule has 0 aliphatic carbocycles.